The quantitative estimate of drug-likeness (QED) is 0.847. The summed E-state index contributed by atoms with van der Waals surface area (Å²) in [7, 11) is 0. The van der Waals surface area contributed by atoms with Gasteiger partial charge in [-0.15, -0.1) is 11.3 Å². The van der Waals surface area contributed by atoms with E-state index in [1.54, 1.807) is 11.3 Å². The predicted molar refractivity (Wildman–Crippen MR) is 78.1 cm³/mol. The molecule has 2 nitrogen and oxygen atoms in total. The molecule has 2 aromatic rings. The monoisotopic (exact) mass is 323 g/mol. The largest absolute Gasteiger partial charge is 0.484 e. The van der Waals surface area contributed by atoms with E-state index >= 15 is 0 Å². The minimum absolute atomic E-state index is 0.0566. The molecule has 94 valence electrons. The smallest absolute Gasteiger partial charge is 0.135 e. The van der Waals surface area contributed by atoms with Gasteiger partial charge in [0.2, 0.25) is 0 Å². The Kier molecular flexibility index (Phi) is 3.18. The molecule has 0 saturated heterocycles. The van der Waals surface area contributed by atoms with Gasteiger partial charge >= 0.3 is 0 Å². The molecule has 0 spiro atoms. The molecule has 0 radical (unpaired) electrons. The van der Waals surface area contributed by atoms with Crippen molar-refractivity contribution in [3.8, 4) is 5.75 Å². The average molecular weight is 324 g/mol. The fourth-order valence-electron chi connectivity index (χ4n) is 2.27. The standard InChI is InChI=1S/C14H14BrNOS/c1-8-10(15)6-14(18-8)13-7-11(16)9-4-2-3-5-12(9)17-13/h2-6,11,13H,7,16H2,1H3/t11-,13?/m1/s1. The van der Waals surface area contributed by atoms with E-state index in [1.807, 2.05) is 24.3 Å². The number of ether oxygens (including phenoxy) is 1. The number of thiophene rings is 1. The Hall–Kier alpha value is -0.840. The maximum atomic E-state index is 6.23. The summed E-state index contributed by atoms with van der Waals surface area (Å²) in [5, 5.41) is 0. The van der Waals surface area contributed by atoms with Crippen molar-refractivity contribution in [1.82, 2.24) is 0 Å². The van der Waals surface area contributed by atoms with Crippen LogP contribution >= 0.6 is 27.3 Å². The lowest BCUT2D eigenvalue weighted by atomic mass is 9.97. The number of hydrogen-bond acceptors (Lipinski definition) is 3. The second-order valence-corrected chi connectivity index (χ2v) is 6.68. The van der Waals surface area contributed by atoms with Gasteiger partial charge in [-0.25, -0.2) is 0 Å². The molecule has 1 aromatic carbocycles. The Morgan fingerprint density at radius 3 is 2.89 bits per heavy atom. The summed E-state index contributed by atoms with van der Waals surface area (Å²) in [6.45, 7) is 2.11. The molecular formula is C14H14BrNOS. The number of aryl methyl sites for hydroxylation is 1. The predicted octanol–water partition coefficient (Wildman–Crippen LogP) is 4.34. The maximum Gasteiger partial charge on any atom is 0.135 e. The van der Waals surface area contributed by atoms with Crippen LogP contribution in [-0.2, 0) is 0 Å². The molecule has 2 heterocycles. The first-order valence-corrected chi connectivity index (χ1v) is 7.53. The van der Waals surface area contributed by atoms with Crippen molar-refractivity contribution in [3.05, 3.63) is 50.1 Å². The van der Waals surface area contributed by atoms with Gasteiger partial charge in [0.05, 0.1) is 0 Å². The van der Waals surface area contributed by atoms with E-state index in [0.717, 1.165) is 22.2 Å². The van der Waals surface area contributed by atoms with Crippen molar-refractivity contribution < 1.29 is 4.74 Å². The first-order chi connectivity index (χ1) is 8.65. The van der Waals surface area contributed by atoms with Crippen LogP contribution in [0.3, 0.4) is 0 Å². The maximum absolute atomic E-state index is 6.23. The fraction of sp³-hybridized carbons (Fsp3) is 0.286. The SMILES string of the molecule is Cc1sc(C2C[C@@H](N)c3ccccc3O2)cc1Br. The van der Waals surface area contributed by atoms with Gasteiger partial charge < -0.3 is 10.5 Å². The van der Waals surface area contributed by atoms with Gasteiger partial charge in [0.15, 0.2) is 0 Å². The Morgan fingerprint density at radius 2 is 2.17 bits per heavy atom. The highest BCUT2D eigenvalue weighted by atomic mass is 79.9. The summed E-state index contributed by atoms with van der Waals surface area (Å²) in [5.74, 6) is 0.920. The first kappa shape index (κ1) is 12.2. The lowest BCUT2D eigenvalue weighted by Gasteiger charge is -2.29. The molecule has 1 unspecified atom stereocenters. The number of hydrogen-bond donors (Lipinski definition) is 1. The zero-order valence-electron chi connectivity index (χ0n) is 10.0. The zero-order chi connectivity index (χ0) is 12.7. The first-order valence-electron chi connectivity index (χ1n) is 5.92. The molecule has 0 saturated carbocycles. The lowest BCUT2D eigenvalue weighted by Crippen LogP contribution is -2.23. The van der Waals surface area contributed by atoms with E-state index in [9.17, 15) is 0 Å². The number of halogens is 1. The molecule has 1 aliphatic heterocycles. The molecule has 1 aliphatic rings. The van der Waals surface area contributed by atoms with Crippen LogP contribution in [0.25, 0.3) is 0 Å². The van der Waals surface area contributed by atoms with Crippen molar-refractivity contribution in [1.29, 1.82) is 0 Å². The normalized spacial score (nSPS) is 22.4. The highest BCUT2D eigenvalue weighted by molar-refractivity contribution is 9.10. The minimum atomic E-state index is 0.0566. The van der Waals surface area contributed by atoms with Crippen LogP contribution in [0.15, 0.2) is 34.8 Å². The van der Waals surface area contributed by atoms with Crippen molar-refractivity contribution in [2.75, 3.05) is 0 Å². The van der Waals surface area contributed by atoms with Gasteiger partial charge in [0, 0.05) is 32.3 Å². The summed E-state index contributed by atoms with van der Waals surface area (Å²) in [6, 6.07) is 10.2. The Labute approximate surface area is 119 Å². The van der Waals surface area contributed by atoms with E-state index in [4.69, 9.17) is 10.5 Å². The molecule has 3 rings (SSSR count). The summed E-state index contributed by atoms with van der Waals surface area (Å²) in [5.41, 5.74) is 7.34. The van der Waals surface area contributed by atoms with Crippen LogP contribution in [-0.4, -0.2) is 0 Å². The molecule has 1 aromatic heterocycles. The van der Waals surface area contributed by atoms with E-state index in [1.165, 1.54) is 9.75 Å². The molecule has 0 amide bonds. The average Bonchev–Trinajstić information content (AvgIpc) is 2.70. The second-order valence-electron chi connectivity index (χ2n) is 4.54. The summed E-state index contributed by atoms with van der Waals surface area (Å²) >= 11 is 5.32. The molecule has 0 aliphatic carbocycles. The number of benzene rings is 1. The van der Waals surface area contributed by atoms with Crippen molar-refractivity contribution in [3.63, 3.8) is 0 Å². The van der Waals surface area contributed by atoms with Gasteiger partial charge in [-0.1, -0.05) is 18.2 Å². The summed E-state index contributed by atoms with van der Waals surface area (Å²) in [6.07, 6.45) is 0.911. The van der Waals surface area contributed by atoms with Gasteiger partial charge in [-0.2, -0.15) is 0 Å². The van der Waals surface area contributed by atoms with E-state index in [0.29, 0.717) is 0 Å². The second kappa shape index (κ2) is 4.68. The zero-order valence-corrected chi connectivity index (χ0v) is 12.4. The number of nitrogens with two attached hydrogens (primary N) is 1. The van der Waals surface area contributed by atoms with Crippen molar-refractivity contribution >= 4 is 27.3 Å². The molecule has 2 N–H and O–H groups in total. The summed E-state index contributed by atoms with van der Waals surface area (Å²) < 4.78 is 7.22. The van der Waals surface area contributed by atoms with E-state index in [2.05, 4.69) is 28.9 Å². The highest BCUT2D eigenvalue weighted by Crippen LogP contribution is 2.42. The third-order valence-corrected chi connectivity index (χ3v) is 5.48. The molecule has 18 heavy (non-hydrogen) atoms. The fourth-order valence-corrected chi connectivity index (χ4v) is 3.87. The van der Waals surface area contributed by atoms with Gasteiger partial charge in [-0.05, 0) is 35.0 Å². The van der Waals surface area contributed by atoms with E-state index in [-0.39, 0.29) is 12.1 Å². The van der Waals surface area contributed by atoms with Crippen LogP contribution in [0.4, 0.5) is 0 Å². The van der Waals surface area contributed by atoms with Crippen LogP contribution in [0.5, 0.6) is 5.75 Å². The van der Waals surface area contributed by atoms with Gasteiger partial charge in [0.1, 0.15) is 11.9 Å². The number of para-hydroxylation sites is 1. The Bertz CT molecular complexity index is 561. The Morgan fingerprint density at radius 1 is 1.39 bits per heavy atom. The molecule has 2 atom stereocenters. The third kappa shape index (κ3) is 2.09. The third-order valence-electron chi connectivity index (χ3n) is 3.25. The van der Waals surface area contributed by atoms with Crippen LogP contribution in [0, 0.1) is 6.92 Å². The molecular weight excluding hydrogens is 310 g/mol. The van der Waals surface area contributed by atoms with Crippen LogP contribution in [0.1, 0.15) is 33.9 Å². The summed E-state index contributed by atoms with van der Waals surface area (Å²) in [4.78, 5) is 2.52. The lowest BCUT2D eigenvalue weighted by molar-refractivity contribution is 0.165. The van der Waals surface area contributed by atoms with Crippen molar-refractivity contribution in [2.45, 2.75) is 25.5 Å². The highest BCUT2D eigenvalue weighted by Gasteiger charge is 2.28. The van der Waals surface area contributed by atoms with Crippen molar-refractivity contribution in [2.24, 2.45) is 5.73 Å². The van der Waals surface area contributed by atoms with E-state index < -0.39 is 0 Å². The number of rotatable bonds is 1. The Balaban J connectivity index is 1.94. The topological polar surface area (TPSA) is 35.2 Å². The molecule has 0 bridgehead atoms. The minimum Gasteiger partial charge on any atom is -0.484 e. The molecule has 4 heteroatoms. The van der Waals surface area contributed by atoms with Crippen LogP contribution < -0.4 is 10.5 Å². The number of fused-ring (bicyclic) bond motifs is 1. The van der Waals surface area contributed by atoms with Gasteiger partial charge in [0.25, 0.3) is 0 Å². The van der Waals surface area contributed by atoms with Gasteiger partial charge in [-0.3, -0.25) is 0 Å². The molecule has 0 fully saturated rings. The van der Waals surface area contributed by atoms with Crippen LogP contribution in [0.2, 0.25) is 0 Å².